The normalized spacial score (nSPS) is 11.7. The van der Waals surface area contributed by atoms with Gasteiger partial charge in [0.2, 0.25) is 0 Å². The Morgan fingerprint density at radius 3 is 2.62 bits per heavy atom. The molecule has 0 aromatic heterocycles. The average Bonchev–Trinajstić information content (AvgIpc) is 2.52. The lowest BCUT2D eigenvalue weighted by atomic mass is 10.1. The molecular formula is C17H17ClN2O4. The zero-order valence-corrected chi connectivity index (χ0v) is 14.3. The topological polar surface area (TPSA) is 81.5 Å². The van der Waals surface area contributed by atoms with Crippen LogP contribution in [0.25, 0.3) is 0 Å². The van der Waals surface area contributed by atoms with Crippen LogP contribution in [0.3, 0.4) is 0 Å². The van der Waals surface area contributed by atoms with E-state index in [2.05, 4.69) is 5.32 Å². The molecule has 0 bridgehead atoms. The lowest BCUT2D eigenvalue weighted by Gasteiger charge is -2.16. The van der Waals surface area contributed by atoms with Crippen LogP contribution < -0.4 is 10.1 Å². The molecule has 2 aromatic rings. The number of carbonyl (C=O) groups is 1. The number of nitro groups is 1. The molecule has 0 radical (unpaired) electrons. The number of benzene rings is 2. The number of nitrogens with one attached hydrogen (secondary N) is 1. The number of carbonyl (C=O) groups excluding carboxylic acids is 1. The second-order valence-electron chi connectivity index (χ2n) is 5.37. The average molecular weight is 349 g/mol. The molecule has 0 saturated carbocycles. The van der Waals surface area contributed by atoms with E-state index in [1.54, 1.807) is 38.1 Å². The van der Waals surface area contributed by atoms with Gasteiger partial charge in [0.15, 0.2) is 6.10 Å². The number of anilines is 1. The summed E-state index contributed by atoms with van der Waals surface area (Å²) >= 11 is 5.95. The van der Waals surface area contributed by atoms with Gasteiger partial charge in [0.25, 0.3) is 11.6 Å². The Hall–Kier alpha value is -2.60. The largest absolute Gasteiger partial charge is 0.481 e. The molecule has 0 aliphatic rings. The van der Waals surface area contributed by atoms with Gasteiger partial charge < -0.3 is 10.1 Å². The molecule has 2 rings (SSSR count). The third-order valence-corrected chi connectivity index (χ3v) is 4.00. The standard InChI is InChI=1S/C17H17ClN2O4/c1-10-9-13(7-8-14(10)18)24-12(3)17(21)19-15-5-4-6-16(11(15)2)20(22)23/h4-9,12H,1-3H3,(H,19,21)/t12-/m0/s1. The van der Waals surface area contributed by atoms with Crippen LogP contribution in [0.2, 0.25) is 5.02 Å². The first-order chi connectivity index (χ1) is 11.3. The molecule has 7 heteroatoms. The molecule has 0 aliphatic carbocycles. The number of nitro benzene ring substituents is 1. The van der Waals surface area contributed by atoms with E-state index in [1.807, 2.05) is 6.92 Å². The second kappa shape index (κ2) is 7.31. The van der Waals surface area contributed by atoms with Crippen molar-refractivity contribution >= 4 is 28.9 Å². The molecular weight excluding hydrogens is 332 g/mol. The quantitative estimate of drug-likeness (QED) is 0.646. The van der Waals surface area contributed by atoms with Gasteiger partial charge in [0.1, 0.15) is 5.75 Å². The molecule has 0 saturated heterocycles. The maximum atomic E-state index is 12.3. The highest BCUT2D eigenvalue weighted by Gasteiger charge is 2.19. The van der Waals surface area contributed by atoms with Gasteiger partial charge in [0.05, 0.1) is 16.2 Å². The zero-order chi connectivity index (χ0) is 17.9. The van der Waals surface area contributed by atoms with Crippen molar-refractivity contribution in [3.05, 3.63) is 62.7 Å². The number of nitrogens with zero attached hydrogens (tertiary/aromatic N) is 1. The first-order valence-electron chi connectivity index (χ1n) is 7.27. The Balaban J connectivity index is 2.10. The van der Waals surface area contributed by atoms with Crippen molar-refractivity contribution in [1.82, 2.24) is 0 Å². The molecule has 0 fully saturated rings. The Labute approximate surface area is 144 Å². The second-order valence-corrected chi connectivity index (χ2v) is 5.77. The fraction of sp³-hybridized carbons (Fsp3) is 0.235. The number of aryl methyl sites for hydroxylation is 1. The van der Waals surface area contributed by atoms with Crippen molar-refractivity contribution < 1.29 is 14.5 Å². The van der Waals surface area contributed by atoms with Crippen LogP contribution in [0, 0.1) is 24.0 Å². The van der Waals surface area contributed by atoms with Gasteiger partial charge in [0, 0.05) is 11.1 Å². The molecule has 2 aromatic carbocycles. The number of rotatable bonds is 5. The monoisotopic (exact) mass is 348 g/mol. The third-order valence-electron chi connectivity index (χ3n) is 3.57. The fourth-order valence-corrected chi connectivity index (χ4v) is 2.26. The number of amides is 1. The summed E-state index contributed by atoms with van der Waals surface area (Å²) in [6.45, 7) is 5.03. The Morgan fingerprint density at radius 2 is 2.00 bits per heavy atom. The summed E-state index contributed by atoms with van der Waals surface area (Å²) in [6, 6.07) is 9.64. The van der Waals surface area contributed by atoms with Gasteiger partial charge in [-0.3, -0.25) is 14.9 Å². The van der Waals surface area contributed by atoms with E-state index in [-0.39, 0.29) is 5.69 Å². The molecule has 0 heterocycles. The Kier molecular flexibility index (Phi) is 5.41. The fourth-order valence-electron chi connectivity index (χ4n) is 2.14. The van der Waals surface area contributed by atoms with E-state index in [0.29, 0.717) is 22.0 Å². The maximum absolute atomic E-state index is 12.3. The summed E-state index contributed by atoms with van der Waals surface area (Å²) in [5, 5.41) is 14.2. The summed E-state index contributed by atoms with van der Waals surface area (Å²) in [4.78, 5) is 22.7. The molecule has 6 nitrogen and oxygen atoms in total. The van der Waals surface area contributed by atoms with Crippen LogP contribution in [0.4, 0.5) is 11.4 Å². The van der Waals surface area contributed by atoms with Crippen molar-refractivity contribution in [2.24, 2.45) is 0 Å². The van der Waals surface area contributed by atoms with Crippen molar-refractivity contribution in [1.29, 1.82) is 0 Å². The number of hydrogen-bond donors (Lipinski definition) is 1. The minimum atomic E-state index is -0.774. The molecule has 0 aliphatic heterocycles. The number of ether oxygens (including phenoxy) is 1. The highest BCUT2D eigenvalue weighted by Crippen LogP contribution is 2.26. The highest BCUT2D eigenvalue weighted by molar-refractivity contribution is 6.31. The third kappa shape index (κ3) is 4.02. The van der Waals surface area contributed by atoms with Gasteiger partial charge in [-0.1, -0.05) is 17.7 Å². The van der Waals surface area contributed by atoms with E-state index in [1.165, 1.54) is 12.1 Å². The van der Waals surface area contributed by atoms with Gasteiger partial charge in [-0.25, -0.2) is 0 Å². The van der Waals surface area contributed by atoms with Crippen molar-refractivity contribution in [3.8, 4) is 5.75 Å². The van der Waals surface area contributed by atoms with E-state index >= 15 is 0 Å². The minimum absolute atomic E-state index is 0.0466. The summed E-state index contributed by atoms with van der Waals surface area (Å²) in [5.41, 5.74) is 1.58. The number of halogens is 1. The lowest BCUT2D eigenvalue weighted by Crippen LogP contribution is -2.30. The van der Waals surface area contributed by atoms with Crippen molar-refractivity contribution in [3.63, 3.8) is 0 Å². The Morgan fingerprint density at radius 1 is 1.29 bits per heavy atom. The van der Waals surface area contributed by atoms with Gasteiger partial charge in [-0.15, -0.1) is 0 Å². The van der Waals surface area contributed by atoms with Crippen LogP contribution in [0.1, 0.15) is 18.1 Å². The summed E-state index contributed by atoms with van der Waals surface area (Å²) in [7, 11) is 0. The Bertz CT molecular complexity index is 792. The smallest absolute Gasteiger partial charge is 0.274 e. The predicted molar refractivity (Wildman–Crippen MR) is 92.7 cm³/mol. The van der Waals surface area contributed by atoms with Gasteiger partial charge >= 0.3 is 0 Å². The molecule has 126 valence electrons. The van der Waals surface area contributed by atoms with Crippen LogP contribution >= 0.6 is 11.6 Å². The SMILES string of the molecule is Cc1cc(O[C@@H](C)C(=O)Nc2cccc([N+](=O)[O-])c2C)ccc1Cl. The van der Waals surface area contributed by atoms with E-state index in [0.717, 1.165) is 5.56 Å². The summed E-state index contributed by atoms with van der Waals surface area (Å²) in [5.74, 6) is 0.126. The molecule has 0 spiro atoms. The van der Waals surface area contributed by atoms with E-state index in [4.69, 9.17) is 16.3 Å². The summed E-state index contributed by atoms with van der Waals surface area (Å²) < 4.78 is 5.60. The van der Waals surface area contributed by atoms with Gasteiger partial charge in [-0.2, -0.15) is 0 Å². The van der Waals surface area contributed by atoms with E-state index < -0.39 is 16.9 Å². The molecule has 24 heavy (non-hydrogen) atoms. The number of hydrogen-bond acceptors (Lipinski definition) is 4. The first-order valence-corrected chi connectivity index (χ1v) is 7.65. The molecule has 1 N–H and O–H groups in total. The van der Waals surface area contributed by atoms with Crippen molar-refractivity contribution in [2.75, 3.05) is 5.32 Å². The van der Waals surface area contributed by atoms with Crippen LogP contribution in [-0.4, -0.2) is 16.9 Å². The molecule has 1 atom stereocenters. The predicted octanol–water partition coefficient (Wildman–Crippen LogP) is 4.27. The maximum Gasteiger partial charge on any atom is 0.274 e. The minimum Gasteiger partial charge on any atom is -0.481 e. The van der Waals surface area contributed by atoms with Crippen molar-refractivity contribution in [2.45, 2.75) is 26.9 Å². The zero-order valence-electron chi connectivity index (χ0n) is 13.5. The van der Waals surface area contributed by atoms with Gasteiger partial charge in [-0.05, 0) is 50.6 Å². The van der Waals surface area contributed by atoms with Crippen LogP contribution in [0.15, 0.2) is 36.4 Å². The first kappa shape index (κ1) is 17.7. The highest BCUT2D eigenvalue weighted by atomic mass is 35.5. The van der Waals surface area contributed by atoms with Crippen LogP contribution in [0.5, 0.6) is 5.75 Å². The summed E-state index contributed by atoms with van der Waals surface area (Å²) in [6.07, 6.45) is -0.774. The lowest BCUT2D eigenvalue weighted by molar-refractivity contribution is -0.385. The van der Waals surface area contributed by atoms with Crippen LogP contribution in [-0.2, 0) is 4.79 Å². The molecule has 0 unspecified atom stereocenters. The van der Waals surface area contributed by atoms with E-state index in [9.17, 15) is 14.9 Å². The molecule has 1 amide bonds.